The zero-order valence-electron chi connectivity index (χ0n) is 11.3. The fourth-order valence-corrected chi connectivity index (χ4v) is 2.43. The summed E-state index contributed by atoms with van der Waals surface area (Å²) in [5.41, 5.74) is 0.784. The van der Waals surface area contributed by atoms with Crippen molar-refractivity contribution in [2.75, 3.05) is 50.5 Å². The molecule has 0 atom stereocenters. The molecule has 7 nitrogen and oxygen atoms in total. The fraction of sp³-hybridized carbons (Fsp3) is 0.583. The average molecular weight is 261 g/mol. The van der Waals surface area contributed by atoms with Crippen molar-refractivity contribution in [3.63, 3.8) is 0 Å². The molecule has 3 rings (SSSR count). The first-order valence-corrected chi connectivity index (χ1v) is 6.60. The standard InChI is InChI=1S/C12H19N7/c1-13-12-15-10-9(8-14-17-10)11(16-12)19-5-3-4-18(2)6-7-19/h8H,3-7H2,1-2H3,(H2,13,14,15,16,17). The highest BCUT2D eigenvalue weighted by Crippen LogP contribution is 2.24. The predicted molar refractivity (Wildman–Crippen MR) is 75.6 cm³/mol. The van der Waals surface area contributed by atoms with E-state index in [0.29, 0.717) is 5.95 Å². The van der Waals surface area contributed by atoms with Crippen LogP contribution in [0.1, 0.15) is 6.42 Å². The second kappa shape index (κ2) is 5.00. The quantitative estimate of drug-likeness (QED) is 0.822. The lowest BCUT2D eigenvalue weighted by Gasteiger charge is -2.22. The lowest BCUT2D eigenvalue weighted by Crippen LogP contribution is -2.29. The maximum absolute atomic E-state index is 4.61. The van der Waals surface area contributed by atoms with E-state index in [-0.39, 0.29) is 0 Å². The molecule has 1 saturated heterocycles. The SMILES string of the molecule is CNc1nc(N2CCCN(C)CC2)c2cn[nH]c2n1. The smallest absolute Gasteiger partial charge is 0.226 e. The summed E-state index contributed by atoms with van der Waals surface area (Å²) in [6, 6.07) is 0. The minimum absolute atomic E-state index is 0.629. The van der Waals surface area contributed by atoms with Gasteiger partial charge in [0.25, 0.3) is 0 Å². The van der Waals surface area contributed by atoms with Gasteiger partial charge in [0.15, 0.2) is 5.65 Å². The molecule has 0 amide bonds. The molecular formula is C12H19N7. The van der Waals surface area contributed by atoms with Crippen LogP contribution in [0.3, 0.4) is 0 Å². The maximum atomic E-state index is 4.61. The number of aromatic nitrogens is 4. The summed E-state index contributed by atoms with van der Waals surface area (Å²) >= 11 is 0. The number of nitrogens with zero attached hydrogens (tertiary/aromatic N) is 5. The molecule has 0 aromatic carbocycles. The van der Waals surface area contributed by atoms with Crippen LogP contribution in [-0.2, 0) is 0 Å². The Balaban J connectivity index is 2.00. The lowest BCUT2D eigenvalue weighted by molar-refractivity contribution is 0.360. The van der Waals surface area contributed by atoms with Crippen LogP contribution < -0.4 is 10.2 Å². The number of hydrogen-bond donors (Lipinski definition) is 2. The van der Waals surface area contributed by atoms with E-state index < -0.39 is 0 Å². The zero-order valence-corrected chi connectivity index (χ0v) is 11.3. The topological polar surface area (TPSA) is 73.0 Å². The van der Waals surface area contributed by atoms with Crippen molar-refractivity contribution in [2.45, 2.75) is 6.42 Å². The van der Waals surface area contributed by atoms with Gasteiger partial charge < -0.3 is 15.1 Å². The lowest BCUT2D eigenvalue weighted by atomic mass is 10.3. The molecule has 0 bridgehead atoms. The molecule has 7 heteroatoms. The van der Waals surface area contributed by atoms with E-state index in [1.807, 2.05) is 7.05 Å². The van der Waals surface area contributed by atoms with E-state index in [1.54, 1.807) is 6.20 Å². The molecule has 2 N–H and O–H groups in total. The summed E-state index contributed by atoms with van der Waals surface area (Å²) in [6.45, 7) is 4.19. The fourth-order valence-electron chi connectivity index (χ4n) is 2.43. The first-order valence-electron chi connectivity index (χ1n) is 6.60. The molecule has 0 saturated carbocycles. The number of hydrogen-bond acceptors (Lipinski definition) is 6. The molecule has 0 unspecified atom stereocenters. The number of fused-ring (bicyclic) bond motifs is 1. The largest absolute Gasteiger partial charge is 0.357 e. The Morgan fingerprint density at radius 1 is 1.21 bits per heavy atom. The van der Waals surface area contributed by atoms with Crippen molar-refractivity contribution in [3.05, 3.63) is 6.20 Å². The van der Waals surface area contributed by atoms with Crippen molar-refractivity contribution >= 4 is 22.8 Å². The molecule has 1 aliphatic rings. The third kappa shape index (κ3) is 2.33. The number of rotatable bonds is 2. The summed E-state index contributed by atoms with van der Waals surface area (Å²) in [5, 5.41) is 11.0. The van der Waals surface area contributed by atoms with Gasteiger partial charge in [0.1, 0.15) is 5.82 Å². The second-order valence-corrected chi connectivity index (χ2v) is 4.90. The van der Waals surface area contributed by atoms with E-state index in [0.717, 1.165) is 49.5 Å². The van der Waals surface area contributed by atoms with Crippen molar-refractivity contribution in [1.82, 2.24) is 25.1 Å². The van der Waals surface area contributed by atoms with Gasteiger partial charge in [-0.15, -0.1) is 0 Å². The predicted octanol–water partition coefficient (Wildman–Crippen LogP) is 0.536. The van der Waals surface area contributed by atoms with E-state index in [9.17, 15) is 0 Å². The number of nitrogens with one attached hydrogen (secondary N) is 2. The van der Waals surface area contributed by atoms with Gasteiger partial charge in [-0.05, 0) is 20.0 Å². The van der Waals surface area contributed by atoms with Crippen LogP contribution in [0.2, 0.25) is 0 Å². The Morgan fingerprint density at radius 2 is 2.11 bits per heavy atom. The van der Waals surface area contributed by atoms with Gasteiger partial charge in [0, 0.05) is 26.7 Å². The Hall–Kier alpha value is -1.89. The van der Waals surface area contributed by atoms with E-state index in [2.05, 4.69) is 42.3 Å². The third-order valence-corrected chi connectivity index (χ3v) is 3.53. The van der Waals surface area contributed by atoms with Crippen LogP contribution in [0.25, 0.3) is 11.0 Å². The second-order valence-electron chi connectivity index (χ2n) is 4.90. The molecule has 19 heavy (non-hydrogen) atoms. The van der Waals surface area contributed by atoms with Crippen molar-refractivity contribution < 1.29 is 0 Å². The normalized spacial score (nSPS) is 17.7. The summed E-state index contributed by atoms with van der Waals surface area (Å²) in [7, 11) is 3.99. The van der Waals surface area contributed by atoms with E-state index in [4.69, 9.17) is 0 Å². The van der Waals surface area contributed by atoms with Gasteiger partial charge in [-0.25, -0.2) is 0 Å². The van der Waals surface area contributed by atoms with Crippen molar-refractivity contribution in [3.8, 4) is 0 Å². The van der Waals surface area contributed by atoms with Gasteiger partial charge in [0.05, 0.1) is 11.6 Å². The minimum Gasteiger partial charge on any atom is -0.357 e. The van der Waals surface area contributed by atoms with Crippen LogP contribution >= 0.6 is 0 Å². The number of likely N-dealkylation sites (N-methyl/N-ethyl adjacent to an activating group) is 1. The minimum atomic E-state index is 0.629. The van der Waals surface area contributed by atoms with Crippen molar-refractivity contribution in [1.29, 1.82) is 0 Å². The van der Waals surface area contributed by atoms with Crippen LogP contribution in [0, 0.1) is 0 Å². The Kier molecular flexibility index (Phi) is 3.20. The van der Waals surface area contributed by atoms with E-state index >= 15 is 0 Å². The molecule has 1 aliphatic heterocycles. The third-order valence-electron chi connectivity index (χ3n) is 3.53. The Labute approximate surface area is 112 Å². The monoisotopic (exact) mass is 261 g/mol. The highest BCUT2D eigenvalue weighted by atomic mass is 15.3. The number of aromatic amines is 1. The zero-order chi connectivity index (χ0) is 13.2. The Morgan fingerprint density at radius 3 is 2.95 bits per heavy atom. The molecule has 0 radical (unpaired) electrons. The van der Waals surface area contributed by atoms with Crippen LogP contribution in [-0.4, -0.2) is 65.3 Å². The maximum Gasteiger partial charge on any atom is 0.226 e. The number of anilines is 2. The first-order chi connectivity index (χ1) is 9.28. The molecular weight excluding hydrogens is 242 g/mol. The highest BCUT2D eigenvalue weighted by molar-refractivity contribution is 5.87. The Bertz CT molecular complexity index is 564. The van der Waals surface area contributed by atoms with Crippen LogP contribution in [0.4, 0.5) is 11.8 Å². The van der Waals surface area contributed by atoms with Gasteiger partial charge in [-0.2, -0.15) is 15.1 Å². The molecule has 102 valence electrons. The van der Waals surface area contributed by atoms with E-state index in [1.165, 1.54) is 0 Å². The summed E-state index contributed by atoms with van der Waals surface area (Å²) in [4.78, 5) is 13.7. The van der Waals surface area contributed by atoms with Crippen molar-refractivity contribution in [2.24, 2.45) is 0 Å². The molecule has 0 aliphatic carbocycles. The van der Waals surface area contributed by atoms with Crippen LogP contribution in [0.15, 0.2) is 6.20 Å². The molecule has 2 aromatic rings. The van der Waals surface area contributed by atoms with Gasteiger partial charge in [-0.1, -0.05) is 0 Å². The van der Waals surface area contributed by atoms with Gasteiger partial charge >= 0.3 is 0 Å². The summed E-state index contributed by atoms with van der Waals surface area (Å²) in [6.07, 6.45) is 2.95. The molecule has 3 heterocycles. The van der Waals surface area contributed by atoms with Gasteiger partial charge in [0.2, 0.25) is 5.95 Å². The van der Waals surface area contributed by atoms with Gasteiger partial charge in [-0.3, -0.25) is 5.10 Å². The highest BCUT2D eigenvalue weighted by Gasteiger charge is 2.18. The summed E-state index contributed by atoms with van der Waals surface area (Å²) in [5.74, 6) is 1.60. The summed E-state index contributed by atoms with van der Waals surface area (Å²) < 4.78 is 0. The first kappa shape index (κ1) is 12.2. The number of H-pyrrole nitrogens is 1. The molecule has 2 aromatic heterocycles. The van der Waals surface area contributed by atoms with Crippen LogP contribution in [0.5, 0.6) is 0 Å². The molecule has 1 fully saturated rings. The average Bonchev–Trinajstić information content (AvgIpc) is 2.79. The molecule has 0 spiro atoms.